The smallest absolute Gasteiger partial charge is 0.0552 e. The molecule has 0 aliphatic heterocycles. The van der Waals surface area contributed by atoms with Gasteiger partial charge in [0.25, 0.3) is 0 Å². The molecule has 0 atom stereocenters. The van der Waals surface area contributed by atoms with Gasteiger partial charge in [0.1, 0.15) is 0 Å². The molecule has 88 valence electrons. The first-order chi connectivity index (χ1) is 7.78. The highest BCUT2D eigenvalue weighted by molar-refractivity contribution is 5.29. The van der Waals surface area contributed by atoms with Gasteiger partial charge in [0.15, 0.2) is 0 Å². The lowest BCUT2D eigenvalue weighted by atomic mass is 10.2. The Morgan fingerprint density at radius 1 is 1.44 bits per heavy atom. The van der Waals surface area contributed by atoms with E-state index in [-0.39, 0.29) is 0 Å². The molecule has 0 saturated heterocycles. The summed E-state index contributed by atoms with van der Waals surface area (Å²) in [4.78, 5) is 3.96. The van der Waals surface area contributed by atoms with E-state index in [0.29, 0.717) is 0 Å². The minimum absolute atomic E-state index is 0.777. The van der Waals surface area contributed by atoms with Crippen molar-refractivity contribution in [1.29, 1.82) is 0 Å². The normalized spacial score (nSPS) is 12.9. The van der Waals surface area contributed by atoms with Crippen LogP contribution in [0.25, 0.3) is 0 Å². The van der Waals surface area contributed by atoms with E-state index in [0.717, 1.165) is 25.1 Å². The zero-order valence-electron chi connectivity index (χ0n) is 10.4. The third-order valence-corrected chi connectivity index (χ3v) is 2.00. The van der Waals surface area contributed by atoms with Crippen molar-refractivity contribution in [3.63, 3.8) is 0 Å². The average Bonchev–Trinajstić information content (AvgIpc) is 2.28. The van der Waals surface area contributed by atoms with Crippen molar-refractivity contribution in [2.75, 3.05) is 6.54 Å². The van der Waals surface area contributed by atoms with Gasteiger partial charge in [-0.2, -0.15) is 0 Å². The van der Waals surface area contributed by atoms with Crippen molar-refractivity contribution in [2.24, 2.45) is 4.99 Å². The summed E-state index contributed by atoms with van der Waals surface area (Å²) in [7, 11) is 0. The second-order valence-corrected chi connectivity index (χ2v) is 3.40. The van der Waals surface area contributed by atoms with Crippen molar-refractivity contribution in [1.82, 2.24) is 5.32 Å². The lowest BCUT2D eigenvalue weighted by molar-refractivity contribution is 0.858. The molecule has 0 aromatic heterocycles. The first kappa shape index (κ1) is 14.4. The first-order valence-electron chi connectivity index (χ1n) is 5.61. The van der Waals surface area contributed by atoms with E-state index in [9.17, 15) is 0 Å². The average molecular weight is 218 g/mol. The SMILES string of the molecule is C=C/C=C(\C=C/C)CN/C=C(/CCC)N=C. The lowest BCUT2D eigenvalue weighted by Crippen LogP contribution is -2.09. The van der Waals surface area contributed by atoms with Crippen LogP contribution in [0.1, 0.15) is 26.7 Å². The number of allylic oxidation sites excluding steroid dienone is 4. The quantitative estimate of drug-likeness (QED) is 0.488. The molecule has 0 aliphatic rings. The van der Waals surface area contributed by atoms with E-state index in [1.807, 2.05) is 25.3 Å². The molecule has 0 radical (unpaired) electrons. The molecule has 1 N–H and O–H groups in total. The van der Waals surface area contributed by atoms with Crippen LogP contribution in [0, 0.1) is 0 Å². The Morgan fingerprint density at radius 3 is 2.69 bits per heavy atom. The molecule has 0 bridgehead atoms. The maximum absolute atomic E-state index is 3.96. The summed E-state index contributed by atoms with van der Waals surface area (Å²) in [6.45, 7) is 12.1. The van der Waals surface area contributed by atoms with Crippen LogP contribution in [0.5, 0.6) is 0 Å². The fourth-order valence-corrected chi connectivity index (χ4v) is 1.28. The number of aliphatic imine (C=N–C) groups is 1. The molecular formula is C14H22N2. The molecule has 0 rings (SSSR count). The topological polar surface area (TPSA) is 24.4 Å². The number of hydrogen-bond acceptors (Lipinski definition) is 2. The summed E-state index contributed by atoms with van der Waals surface area (Å²) in [6.07, 6.45) is 11.8. The summed E-state index contributed by atoms with van der Waals surface area (Å²) in [5, 5.41) is 3.23. The molecule has 0 aliphatic carbocycles. The number of nitrogens with zero attached hydrogens (tertiary/aromatic N) is 1. The standard InChI is InChI=1S/C14H22N2/c1-5-8-13(9-6-2)11-16-12-14(15-4)10-7-3/h5-6,8-9,12,16H,1,4,7,10-11H2,2-3H3/b9-6-,13-8+,14-12-. The van der Waals surface area contributed by atoms with Gasteiger partial charge in [0, 0.05) is 12.7 Å². The van der Waals surface area contributed by atoms with Crippen LogP contribution in [0.2, 0.25) is 0 Å². The maximum Gasteiger partial charge on any atom is 0.0552 e. The highest BCUT2D eigenvalue weighted by Gasteiger charge is 1.92. The Morgan fingerprint density at radius 2 is 2.19 bits per heavy atom. The van der Waals surface area contributed by atoms with Crippen LogP contribution in [0.15, 0.2) is 53.3 Å². The highest BCUT2D eigenvalue weighted by Crippen LogP contribution is 2.04. The lowest BCUT2D eigenvalue weighted by Gasteiger charge is -2.04. The Bertz CT molecular complexity index is 296. The second-order valence-electron chi connectivity index (χ2n) is 3.40. The van der Waals surface area contributed by atoms with Gasteiger partial charge in [0.05, 0.1) is 5.70 Å². The van der Waals surface area contributed by atoms with Crippen molar-refractivity contribution in [3.8, 4) is 0 Å². The number of rotatable bonds is 8. The van der Waals surface area contributed by atoms with Crippen LogP contribution in [0.4, 0.5) is 0 Å². The van der Waals surface area contributed by atoms with Crippen LogP contribution in [-0.4, -0.2) is 13.3 Å². The predicted octanol–water partition coefficient (Wildman–Crippen LogP) is 3.61. The van der Waals surface area contributed by atoms with E-state index in [1.54, 1.807) is 6.08 Å². The van der Waals surface area contributed by atoms with Gasteiger partial charge < -0.3 is 5.32 Å². The Labute approximate surface area is 99.2 Å². The fourth-order valence-electron chi connectivity index (χ4n) is 1.28. The molecule has 0 heterocycles. The summed E-state index contributed by atoms with van der Waals surface area (Å²) in [5.41, 5.74) is 2.19. The second kappa shape index (κ2) is 9.97. The monoisotopic (exact) mass is 218 g/mol. The molecule has 0 spiro atoms. The summed E-state index contributed by atoms with van der Waals surface area (Å²) in [6, 6.07) is 0. The molecule has 0 aromatic carbocycles. The van der Waals surface area contributed by atoms with Crippen molar-refractivity contribution < 1.29 is 0 Å². The van der Waals surface area contributed by atoms with Crippen LogP contribution in [-0.2, 0) is 0 Å². The molecule has 2 heteroatoms. The van der Waals surface area contributed by atoms with Crippen LogP contribution >= 0.6 is 0 Å². The van der Waals surface area contributed by atoms with Crippen molar-refractivity contribution >= 4 is 6.72 Å². The summed E-state index contributed by atoms with van der Waals surface area (Å²) >= 11 is 0. The largest absolute Gasteiger partial charge is 0.385 e. The third kappa shape index (κ3) is 6.82. The molecule has 0 saturated carbocycles. The van der Waals surface area contributed by atoms with Gasteiger partial charge in [-0.05, 0) is 25.6 Å². The van der Waals surface area contributed by atoms with E-state index in [4.69, 9.17) is 0 Å². The molecule has 16 heavy (non-hydrogen) atoms. The fraction of sp³-hybridized carbons (Fsp3) is 0.357. The van der Waals surface area contributed by atoms with Gasteiger partial charge in [-0.25, -0.2) is 0 Å². The number of nitrogens with one attached hydrogen (secondary N) is 1. The third-order valence-electron chi connectivity index (χ3n) is 2.00. The molecule has 0 unspecified atom stereocenters. The van der Waals surface area contributed by atoms with Gasteiger partial charge in [-0.3, -0.25) is 4.99 Å². The zero-order valence-corrected chi connectivity index (χ0v) is 10.4. The molecule has 2 nitrogen and oxygen atoms in total. The van der Waals surface area contributed by atoms with Gasteiger partial charge in [-0.1, -0.05) is 44.2 Å². The van der Waals surface area contributed by atoms with Crippen LogP contribution < -0.4 is 5.32 Å². The minimum Gasteiger partial charge on any atom is -0.385 e. The molecule has 0 aromatic rings. The van der Waals surface area contributed by atoms with Gasteiger partial charge >= 0.3 is 0 Å². The predicted molar refractivity (Wildman–Crippen MR) is 73.6 cm³/mol. The Hall–Kier alpha value is -1.57. The highest BCUT2D eigenvalue weighted by atomic mass is 14.9. The van der Waals surface area contributed by atoms with Crippen LogP contribution in [0.3, 0.4) is 0 Å². The Kier molecular flexibility index (Phi) is 8.99. The summed E-state index contributed by atoms with van der Waals surface area (Å²) < 4.78 is 0. The van der Waals surface area contributed by atoms with Crippen molar-refractivity contribution in [2.45, 2.75) is 26.7 Å². The number of hydrogen-bond donors (Lipinski definition) is 1. The molecular weight excluding hydrogens is 196 g/mol. The van der Waals surface area contributed by atoms with Gasteiger partial charge in [-0.15, -0.1) is 0 Å². The zero-order chi connectivity index (χ0) is 12.2. The van der Waals surface area contributed by atoms with E-state index in [2.05, 4.69) is 36.6 Å². The van der Waals surface area contributed by atoms with E-state index in [1.165, 1.54) is 5.57 Å². The maximum atomic E-state index is 3.96. The molecule has 0 amide bonds. The van der Waals surface area contributed by atoms with E-state index >= 15 is 0 Å². The summed E-state index contributed by atoms with van der Waals surface area (Å²) in [5.74, 6) is 0. The Balaban J connectivity index is 4.25. The van der Waals surface area contributed by atoms with Gasteiger partial charge in [0.2, 0.25) is 0 Å². The van der Waals surface area contributed by atoms with E-state index < -0.39 is 0 Å². The molecule has 0 fully saturated rings. The van der Waals surface area contributed by atoms with Crippen molar-refractivity contribution in [3.05, 3.63) is 48.4 Å². The first-order valence-corrected chi connectivity index (χ1v) is 5.61. The minimum atomic E-state index is 0.777.